The number of carbonyl (C=O) groups excluding carboxylic acids is 1. The molecule has 2 aromatic carbocycles. The molecule has 0 spiro atoms. The van der Waals surface area contributed by atoms with E-state index in [0.29, 0.717) is 33.0 Å². The van der Waals surface area contributed by atoms with Crippen LogP contribution in [-0.2, 0) is 0 Å². The minimum Gasteiger partial charge on any atom is -0.298 e. The highest BCUT2D eigenvalue weighted by Crippen LogP contribution is 2.29. The molecular weight excluding hydrogens is 262 g/mol. The Morgan fingerprint density at radius 2 is 1.65 bits per heavy atom. The molecule has 0 saturated heterocycles. The highest BCUT2D eigenvalue weighted by Gasteiger charge is 2.08. The summed E-state index contributed by atoms with van der Waals surface area (Å²) < 4.78 is 13.7. The molecule has 0 radical (unpaired) electrons. The summed E-state index contributed by atoms with van der Waals surface area (Å²) in [5.41, 5.74) is 1.25. The molecule has 0 amide bonds. The Hall–Kier alpha value is -1.38. The van der Waals surface area contributed by atoms with Crippen LogP contribution in [0, 0.1) is 5.82 Å². The van der Waals surface area contributed by atoms with E-state index in [-0.39, 0.29) is 0 Å². The SMILES string of the molecule is O=Cc1ccc(F)c(-c2cc(Cl)cc(Cl)c2)c1. The number of halogens is 3. The lowest BCUT2D eigenvalue weighted by molar-refractivity contribution is 0.112. The molecule has 0 aromatic heterocycles. The molecule has 2 aromatic rings. The van der Waals surface area contributed by atoms with Gasteiger partial charge in [0.25, 0.3) is 0 Å². The maximum atomic E-state index is 13.7. The van der Waals surface area contributed by atoms with Crippen molar-refractivity contribution >= 4 is 29.5 Å². The summed E-state index contributed by atoms with van der Waals surface area (Å²) in [6, 6.07) is 8.88. The van der Waals surface area contributed by atoms with E-state index >= 15 is 0 Å². The van der Waals surface area contributed by atoms with Crippen LogP contribution in [0.2, 0.25) is 10.0 Å². The van der Waals surface area contributed by atoms with Gasteiger partial charge in [0.05, 0.1) is 0 Å². The summed E-state index contributed by atoms with van der Waals surface area (Å²) in [5.74, 6) is -0.422. The van der Waals surface area contributed by atoms with E-state index in [1.54, 1.807) is 18.2 Å². The van der Waals surface area contributed by atoms with Crippen molar-refractivity contribution in [1.82, 2.24) is 0 Å². The largest absolute Gasteiger partial charge is 0.298 e. The summed E-state index contributed by atoms with van der Waals surface area (Å²) in [5, 5.41) is 0.840. The summed E-state index contributed by atoms with van der Waals surface area (Å²) in [4.78, 5) is 10.7. The second-order valence-corrected chi connectivity index (χ2v) is 4.39. The van der Waals surface area contributed by atoms with Crippen molar-refractivity contribution in [3.63, 3.8) is 0 Å². The van der Waals surface area contributed by atoms with Gasteiger partial charge in [-0.15, -0.1) is 0 Å². The molecule has 0 saturated carbocycles. The van der Waals surface area contributed by atoms with Crippen molar-refractivity contribution in [2.75, 3.05) is 0 Å². The van der Waals surface area contributed by atoms with Gasteiger partial charge in [-0.3, -0.25) is 4.79 Å². The van der Waals surface area contributed by atoms with E-state index < -0.39 is 5.82 Å². The molecule has 4 heteroatoms. The summed E-state index contributed by atoms with van der Waals surface area (Å²) in [6.07, 6.45) is 0.662. The predicted molar refractivity (Wildman–Crippen MR) is 67.2 cm³/mol. The van der Waals surface area contributed by atoms with Gasteiger partial charge < -0.3 is 0 Å². The van der Waals surface area contributed by atoms with Gasteiger partial charge in [-0.05, 0) is 42.0 Å². The zero-order valence-electron chi connectivity index (χ0n) is 8.58. The van der Waals surface area contributed by atoms with Gasteiger partial charge in [-0.2, -0.15) is 0 Å². The number of rotatable bonds is 2. The lowest BCUT2D eigenvalue weighted by atomic mass is 10.0. The topological polar surface area (TPSA) is 17.1 Å². The first-order valence-corrected chi connectivity index (χ1v) is 5.57. The van der Waals surface area contributed by atoms with E-state index in [2.05, 4.69) is 0 Å². The number of benzene rings is 2. The van der Waals surface area contributed by atoms with E-state index in [0.717, 1.165) is 0 Å². The third kappa shape index (κ3) is 2.65. The van der Waals surface area contributed by atoms with Gasteiger partial charge in [0.2, 0.25) is 0 Å². The third-order valence-electron chi connectivity index (χ3n) is 2.30. The lowest BCUT2D eigenvalue weighted by Gasteiger charge is -2.05. The number of hydrogen-bond donors (Lipinski definition) is 0. The predicted octanol–water partition coefficient (Wildman–Crippen LogP) is 4.61. The van der Waals surface area contributed by atoms with E-state index in [4.69, 9.17) is 23.2 Å². The lowest BCUT2D eigenvalue weighted by Crippen LogP contribution is -1.88. The Labute approximate surface area is 108 Å². The Balaban J connectivity index is 2.62. The first-order chi connectivity index (χ1) is 8.10. The van der Waals surface area contributed by atoms with Crippen molar-refractivity contribution in [2.45, 2.75) is 0 Å². The molecule has 0 heterocycles. The van der Waals surface area contributed by atoms with Crippen molar-refractivity contribution in [3.05, 3.63) is 57.8 Å². The first-order valence-electron chi connectivity index (χ1n) is 4.81. The third-order valence-corrected chi connectivity index (χ3v) is 2.74. The van der Waals surface area contributed by atoms with Gasteiger partial charge >= 0.3 is 0 Å². The molecule has 0 N–H and O–H groups in total. The van der Waals surface area contributed by atoms with Crippen molar-refractivity contribution in [1.29, 1.82) is 0 Å². The van der Waals surface area contributed by atoms with E-state index in [1.807, 2.05) is 0 Å². The summed E-state index contributed by atoms with van der Waals surface area (Å²) in [7, 11) is 0. The molecule has 86 valence electrons. The fourth-order valence-corrected chi connectivity index (χ4v) is 2.07. The van der Waals surface area contributed by atoms with Crippen molar-refractivity contribution < 1.29 is 9.18 Å². The quantitative estimate of drug-likeness (QED) is 0.727. The van der Waals surface area contributed by atoms with Crippen LogP contribution in [0.15, 0.2) is 36.4 Å². The minimum atomic E-state index is -0.422. The van der Waals surface area contributed by atoms with Crippen LogP contribution in [0.3, 0.4) is 0 Å². The number of aldehydes is 1. The maximum Gasteiger partial charge on any atom is 0.150 e. The Morgan fingerprint density at radius 3 is 2.24 bits per heavy atom. The summed E-state index contributed by atoms with van der Waals surface area (Å²) >= 11 is 11.7. The maximum absolute atomic E-state index is 13.7. The molecule has 1 nitrogen and oxygen atoms in total. The summed E-state index contributed by atoms with van der Waals surface area (Å²) in [6.45, 7) is 0. The molecule has 0 fully saturated rings. The average Bonchev–Trinajstić information content (AvgIpc) is 2.28. The smallest absolute Gasteiger partial charge is 0.150 e. The monoisotopic (exact) mass is 268 g/mol. The highest BCUT2D eigenvalue weighted by atomic mass is 35.5. The van der Waals surface area contributed by atoms with Crippen LogP contribution in [0.5, 0.6) is 0 Å². The fourth-order valence-electron chi connectivity index (χ4n) is 1.55. The Morgan fingerprint density at radius 1 is 1.00 bits per heavy atom. The van der Waals surface area contributed by atoms with Crippen LogP contribution < -0.4 is 0 Å². The molecule has 0 aliphatic rings. The highest BCUT2D eigenvalue weighted by molar-refractivity contribution is 6.35. The molecule has 0 unspecified atom stereocenters. The van der Waals surface area contributed by atoms with Crippen LogP contribution in [0.1, 0.15) is 10.4 Å². The molecule has 0 bridgehead atoms. The van der Waals surface area contributed by atoms with Crippen LogP contribution >= 0.6 is 23.2 Å². The van der Waals surface area contributed by atoms with E-state index in [9.17, 15) is 9.18 Å². The van der Waals surface area contributed by atoms with Gasteiger partial charge in [-0.1, -0.05) is 23.2 Å². The molecule has 0 aliphatic carbocycles. The second kappa shape index (κ2) is 4.86. The average molecular weight is 269 g/mol. The van der Waals surface area contributed by atoms with Crippen molar-refractivity contribution in [3.8, 4) is 11.1 Å². The zero-order valence-corrected chi connectivity index (χ0v) is 10.1. The Bertz CT molecular complexity index is 561. The van der Waals surface area contributed by atoms with Crippen LogP contribution in [0.25, 0.3) is 11.1 Å². The fraction of sp³-hybridized carbons (Fsp3) is 0. The normalized spacial score (nSPS) is 10.3. The number of hydrogen-bond acceptors (Lipinski definition) is 1. The standard InChI is InChI=1S/C13H7Cl2FO/c14-10-4-9(5-11(15)6-10)12-3-8(7-17)1-2-13(12)16/h1-7H. The number of carbonyl (C=O) groups is 1. The molecule has 0 atom stereocenters. The van der Waals surface area contributed by atoms with Gasteiger partial charge in [-0.25, -0.2) is 4.39 Å². The minimum absolute atomic E-state index is 0.305. The molecular formula is C13H7Cl2FO. The van der Waals surface area contributed by atoms with Crippen molar-refractivity contribution in [2.24, 2.45) is 0 Å². The molecule has 0 aliphatic heterocycles. The second-order valence-electron chi connectivity index (χ2n) is 3.52. The van der Waals surface area contributed by atoms with Crippen LogP contribution in [-0.4, -0.2) is 6.29 Å². The van der Waals surface area contributed by atoms with Gasteiger partial charge in [0.1, 0.15) is 12.1 Å². The Kier molecular flexibility index (Phi) is 3.46. The van der Waals surface area contributed by atoms with Crippen LogP contribution in [0.4, 0.5) is 4.39 Å². The molecule has 2 rings (SSSR count). The van der Waals surface area contributed by atoms with Gasteiger partial charge in [0.15, 0.2) is 0 Å². The first kappa shape index (κ1) is 12.1. The van der Waals surface area contributed by atoms with E-state index in [1.165, 1.54) is 18.2 Å². The molecule has 17 heavy (non-hydrogen) atoms. The zero-order chi connectivity index (χ0) is 12.4. The van der Waals surface area contributed by atoms with Gasteiger partial charge in [0, 0.05) is 21.2 Å².